The molecule has 0 aliphatic heterocycles. The number of nitrogens with one attached hydrogen (secondary N) is 2. The van der Waals surface area contributed by atoms with Gasteiger partial charge in [0.15, 0.2) is 5.82 Å². The molecule has 0 saturated heterocycles. The Morgan fingerprint density at radius 2 is 1.73 bits per heavy atom. The van der Waals surface area contributed by atoms with Crippen LogP contribution in [0.25, 0.3) is 22.6 Å². The van der Waals surface area contributed by atoms with Crippen LogP contribution in [0.1, 0.15) is 5.82 Å². The van der Waals surface area contributed by atoms with Gasteiger partial charge >= 0.3 is 12.5 Å². The van der Waals surface area contributed by atoms with Gasteiger partial charge in [-0.25, -0.2) is 0 Å². The first-order chi connectivity index (χ1) is 13.8. The number of hydrogen-bond donors (Lipinski definition) is 2. The summed E-state index contributed by atoms with van der Waals surface area (Å²) < 4.78 is 85.9. The maximum Gasteiger partial charge on any atom is 0.573 e. The van der Waals surface area contributed by atoms with Gasteiger partial charge in [0.1, 0.15) is 11.2 Å². The van der Waals surface area contributed by atoms with Gasteiger partial charge in [0.25, 0.3) is 5.89 Å². The highest BCUT2D eigenvalue weighted by Crippen LogP contribution is 2.36. The third-order valence-corrected chi connectivity index (χ3v) is 3.75. The lowest BCUT2D eigenvalue weighted by Crippen LogP contribution is -2.36. The molecule has 2 heterocycles. The lowest BCUT2D eigenvalue weighted by molar-refractivity contribution is -0.274. The van der Waals surface area contributed by atoms with Crippen LogP contribution in [-0.4, -0.2) is 33.1 Å². The first-order valence-corrected chi connectivity index (χ1v) is 7.99. The van der Waals surface area contributed by atoms with Gasteiger partial charge in [0.05, 0.1) is 5.56 Å². The van der Waals surface area contributed by atoms with Crippen molar-refractivity contribution in [1.82, 2.24) is 14.7 Å². The average Bonchev–Trinajstić information content (AvgIpc) is 3.06. The smallest absolute Gasteiger partial charge is 0.405 e. The van der Waals surface area contributed by atoms with Crippen molar-refractivity contribution >= 4 is 5.84 Å². The Labute approximate surface area is 163 Å². The Morgan fingerprint density at radius 3 is 2.30 bits per heavy atom. The van der Waals surface area contributed by atoms with E-state index in [4.69, 9.17) is 15.3 Å². The summed E-state index contributed by atoms with van der Waals surface area (Å²) in [5.41, 5.74) is -0.584. The van der Waals surface area contributed by atoms with E-state index in [1.54, 1.807) is 0 Å². The molecule has 0 fully saturated rings. The van der Waals surface area contributed by atoms with Crippen LogP contribution < -0.4 is 10.2 Å². The summed E-state index contributed by atoms with van der Waals surface area (Å²) in [6, 6.07) is 5.59. The Hall–Kier alpha value is -3.64. The Kier molecular flexibility index (Phi) is 5.14. The minimum Gasteiger partial charge on any atom is -0.405 e. The lowest BCUT2D eigenvalue weighted by Gasteiger charge is -2.15. The van der Waals surface area contributed by atoms with Crippen molar-refractivity contribution in [2.75, 3.05) is 0 Å². The molecule has 13 heteroatoms. The summed E-state index contributed by atoms with van der Waals surface area (Å²) in [5, 5.41) is 18.3. The quantitative estimate of drug-likeness (QED) is 0.367. The number of pyridine rings is 1. The monoisotopic (exact) mass is 431 g/mol. The third kappa shape index (κ3) is 4.50. The second-order valence-electron chi connectivity index (χ2n) is 5.92. The van der Waals surface area contributed by atoms with Crippen LogP contribution in [0.3, 0.4) is 0 Å². The molecule has 2 N–H and O–H groups in total. The molecule has 0 unspecified atom stereocenters. The van der Waals surface area contributed by atoms with E-state index >= 15 is 0 Å². The van der Waals surface area contributed by atoms with Gasteiger partial charge in [0.2, 0.25) is 5.84 Å². The predicted octanol–water partition coefficient (Wildman–Crippen LogP) is 4.28. The van der Waals surface area contributed by atoms with Crippen LogP contribution >= 0.6 is 0 Å². The zero-order valence-corrected chi connectivity index (χ0v) is 14.9. The van der Waals surface area contributed by atoms with Crippen LogP contribution in [0.4, 0.5) is 26.3 Å². The minimum atomic E-state index is -5.01. The van der Waals surface area contributed by atoms with Crippen molar-refractivity contribution in [3.63, 3.8) is 0 Å². The van der Waals surface area contributed by atoms with E-state index in [-0.39, 0.29) is 28.4 Å². The SMILES string of the molecule is Cc1noc(-c2cc(-c3ccc(=N)n(C(=N)C(F)(F)F)c3)ccc2OC(F)(F)F)n1. The fourth-order valence-corrected chi connectivity index (χ4v) is 2.49. The first kappa shape index (κ1) is 21.1. The van der Waals surface area contributed by atoms with Crippen molar-refractivity contribution in [2.24, 2.45) is 0 Å². The highest BCUT2D eigenvalue weighted by molar-refractivity contribution is 5.87. The molecule has 0 aliphatic carbocycles. The summed E-state index contributed by atoms with van der Waals surface area (Å²) in [5.74, 6) is -2.59. The Bertz CT molecular complexity index is 1160. The fourth-order valence-electron chi connectivity index (χ4n) is 2.49. The lowest BCUT2D eigenvalue weighted by atomic mass is 10.0. The highest BCUT2D eigenvalue weighted by atomic mass is 19.4. The van der Waals surface area contributed by atoms with Crippen molar-refractivity contribution in [2.45, 2.75) is 19.5 Å². The average molecular weight is 431 g/mol. The van der Waals surface area contributed by atoms with Crippen LogP contribution in [0.5, 0.6) is 5.75 Å². The zero-order valence-electron chi connectivity index (χ0n) is 14.9. The van der Waals surface area contributed by atoms with Crippen LogP contribution in [0, 0.1) is 17.7 Å². The van der Waals surface area contributed by atoms with Gasteiger partial charge in [-0.2, -0.15) is 18.2 Å². The molecule has 3 aromatic rings. The van der Waals surface area contributed by atoms with E-state index in [0.29, 0.717) is 4.57 Å². The van der Waals surface area contributed by atoms with Gasteiger partial charge in [-0.3, -0.25) is 15.4 Å². The van der Waals surface area contributed by atoms with Gasteiger partial charge in [-0.15, -0.1) is 13.2 Å². The second kappa shape index (κ2) is 7.31. The molecule has 30 heavy (non-hydrogen) atoms. The van der Waals surface area contributed by atoms with E-state index in [1.807, 2.05) is 0 Å². The fraction of sp³-hybridized carbons (Fsp3) is 0.176. The number of aromatic nitrogens is 3. The van der Waals surface area contributed by atoms with E-state index in [2.05, 4.69) is 14.9 Å². The van der Waals surface area contributed by atoms with Crippen LogP contribution in [0.15, 0.2) is 41.1 Å². The van der Waals surface area contributed by atoms with E-state index < -0.39 is 29.6 Å². The summed E-state index contributed by atoms with van der Waals surface area (Å²) in [7, 11) is 0. The molecule has 7 nitrogen and oxygen atoms in total. The number of rotatable bonds is 3. The van der Waals surface area contributed by atoms with Crippen molar-refractivity contribution in [1.29, 1.82) is 10.8 Å². The summed E-state index contributed by atoms with van der Waals surface area (Å²) in [6.07, 6.45) is -9.14. The number of halogens is 6. The summed E-state index contributed by atoms with van der Waals surface area (Å²) >= 11 is 0. The van der Waals surface area contributed by atoms with Gasteiger partial charge < -0.3 is 9.26 Å². The molecule has 0 saturated carbocycles. The molecule has 2 aromatic heterocycles. The molecule has 158 valence electrons. The number of ether oxygens (including phenoxy) is 1. The first-order valence-electron chi connectivity index (χ1n) is 7.99. The van der Waals surface area contributed by atoms with E-state index in [9.17, 15) is 26.3 Å². The minimum absolute atomic E-state index is 0.0936. The number of benzene rings is 1. The summed E-state index contributed by atoms with van der Waals surface area (Å²) in [6.45, 7) is 1.44. The number of aryl methyl sites for hydroxylation is 1. The maximum absolute atomic E-state index is 12.9. The van der Waals surface area contributed by atoms with E-state index in [0.717, 1.165) is 24.4 Å². The molecule has 0 bridgehead atoms. The number of nitrogens with zero attached hydrogens (tertiary/aromatic N) is 3. The molecule has 0 spiro atoms. The summed E-state index contributed by atoms with van der Waals surface area (Å²) in [4.78, 5) is 3.86. The molecule has 0 amide bonds. The number of alkyl halides is 6. The van der Waals surface area contributed by atoms with Crippen LogP contribution in [-0.2, 0) is 0 Å². The Balaban J connectivity index is 2.14. The Morgan fingerprint density at radius 1 is 1.07 bits per heavy atom. The maximum atomic E-state index is 12.9. The van der Waals surface area contributed by atoms with Crippen molar-refractivity contribution in [3.05, 3.63) is 47.8 Å². The highest BCUT2D eigenvalue weighted by Gasteiger charge is 2.36. The second-order valence-corrected chi connectivity index (χ2v) is 5.92. The molecule has 3 rings (SSSR count). The van der Waals surface area contributed by atoms with Gasteiger partial charge in [0, 0.05) is 6.20 Å². The molecule has 0 radical (unpaired) electrons. The van der Waals surface area contributed by atoms with Gasteiger partial charge in [-0.05, 0) is 42.3 Å². The zero-order chi connectivity index (χ0) is 22.3. The largest absolute Gasteiger partial charge is 0.573 e. The third-order valence-electron chi connectivity index (χ3n) is 3.75. The molecular weight excluding hydrogens is 420 g/mol. The predicted molar refractivity (Wildman–Crippen MR) is 89.6 cm³/mol. The topological polar surface area (TPSA) is 101 Å². The number of hydrogen-bond acceptors (Lipinski definition) is 6. The van der Waals surface area contributed by atoms with Gasteiger partial charge in [-0.1, -0.05) is 11.2 Å². The normalized spacial score (nSPS) is 12.1. The molecule has 0 atom stereocenters. The van der Waals surface area contributed by atoms with E-state index in [1.165, 1.54) is 19.1 Å². The van der Waals surface area contributed by atoms with Crippen molar-refractivity contribution in [3.8, 4) is 28.3 Å². The molecular formula is C17H11F6N5O2. The van der Waals surface area contributed by atoms with Crippen molar-refractivity contribution < 1.29 is 35.6 Å². The molecule has 1 aromatic carbocycles. The van der Waals surface area contributed by atoms with Crippen LogP contribution in [0.2, 0.25) is 0 Å². The molecule has 0 aliphatic rings. The standard InChI is InChI=1S/C17H11F6N5O2/c1-8-26-14(30-27-8)11-6-9(2-4-12(11)29-17(21,22)23)10-3-5-13(24)28(7-10)15(25)16(18,19)20/h2-7,24-25H,1H3.